The third kappa shape index (κ3) is 2.16. The van der Waals surface area contributed by atoms with Gasteiger partial charge in [0.1, 0.15) is 5.75 Å². The van der Waals surface area contributed by atoms with Gasteiger partial charge in [0.25, 0.3) is 0 Å². The predicted octanol–water partition coefficient (Wildman–Crippen LogP) is 2.43. The van der Waals surface area contributed by atoms with E-state index in [1.54, 1.807) is 24.3 Å². The molecule has 0 bridgehead atoms. The lowest BCUT2D eigenvalue weighted by Gasteiger charge is -2.24. The first-order valence-electron chi connectivity index (χ1n) is 6.21. The Morgan fingerprint density at radius 2 is 1.72 bits per heavy atom. The highest BCUT2D eigenvalue weighted by molar-refractivity contribution is 5.54. The molecule has 0 atom stereocenters. The Bertz CT molecular complexity index is 515. The van der Waals surface area contributed by atoms with E-state index in [0.717, 1.165) is 18.7 Å². The van der Waals surface area contributed by atoms with E-state index >= 15 is 0 Å². The van der Waals surface area contributed by atoms with Crippen molar-refractivity contribution in [3.05, 3.63) is 24.3 Å². The van der Waals surface area contributed by atoms with Gasteiger partial charge in [-0.15, -0.1) is 5.10 Å². The van der Waals surface area contributed by atoms with Crippen molar-refractivity contribution in [3.63, 3.8) is 0 Å². The molecule has 1 aromatic heterocycles. The lowest BCUT2D eigenvalue weighted by atomic mass is 10.1. The number of phenolic OH excluding ortho intramolecular Hbond substituents is 1. The van der Waals surface area contributed by atoms with Crippen LogP contribution in [0.25, 0.3) is 11.5 Å². The summed E-state index contributed by atoms with van der Waals surface area (Å²) in [6.07, 6.45) is 3.63. The average Bonchev–Trinajstić information content (AvgIpc) is 2.90. The number of rotatable bonds is 2. The van der Waals surface area contributed by atoms with Crippen LogP contribution in [-0.2, 0) is 0 Å². The summed E-state index contributed by atoms with van der Waals surface area (Å²) < 4.78 is 5.67. The summed E-state index contributed by atoms with van der Waals surface area (Å²) in [6.45, 7) is 1.97. The predicted molar refractivity (Wildman–Crippen MR) is 67.5 cm³/mol. The van der Waals surface area contributed by atoms with Crippen molar-refractivity contribution >= 4 is 6.01 Å². The van der Waals surface area contributed by atoms with Crippen LogP contribution >= 0.6 is 0 Å². The highest BCUT2D eigenvalue weighted by Crippen LogP contribution is 2.25. The fraction of sp³-hybridized carbons (Fsp3) is 0.385. The van der Waals surface area contributed by atoms with Crippen LogP contribution in [0, 0.1) is 0 Å². The van der Waals surface area contributed by atoms with Crippen LogP contribution in [0.4, 0.5) is 6.01 Å². The van der Waals surface area contributed by atoms with Gasteiger partial charge in [-0.25, -0.2) is 0 Å². The van der Waals surface area contributed by atoms with Crippen LogP contribution in [0.1, 0.15) is 19.3 Å². The molecular formula is C13H15N3O2. The van der Waals surface area contributed by atoms with E-state index in [-0.39, 0.29) is 5.75 Å². The average molecular weight is 245 g/mol. The van der Waals surface area contributed by atoms with Crippen molar-refractivity contribution in [3.8, 4) is 17.2 Å². The summed E-state index contributed by atoms with van der Waals surface area (Å²) in [5.74, 6) is 0.727. The maximum absolute atomic E-state index is 9.24. The molecule has 18 heavy (non-hydrogen) atoms. The molecule has 0 amide bonds. The molecule has 1 aliphatic heterocycles. The van der Waals surface area contributed by atoms with E-state index < -0.39 is 0 Å². The monoisotopic (exact) mass is 245 g/mol. The number of phenols is 1. The van der Waals surface area contributed by atoms with Gasteiger partial charge in [-0.05, 0) is 43.5 Å². The van der Waals surface area contributed by atoms with Gasteiger partial charge >= 0.3 is 6.01 Å². The number of benzene rings is 1. The maximum Gasteiger partial charge on any atom is 0.318 e. The molecule has 1 fully saturated rings. The minimum Gasteiger partial charge on any atom is -0.508 e. The van der Waals surface area contributed by atoms with Gasteiger partial charge in [0.15, 0.2) is 0 Å². The molecule has 3 rings (SSSR count). The molecule has 1 saturated heterocycles. The highest BCUT2D eigenvalue weighted by Gasteiger charge is 2.17. The Morgan fingerprint density at radius 1 is 1.00 bits per heavy atom. The number of aromatic hydroxyl groups is 1. The van der Waals surface area contributed by atoms with Crippen LogP contribution in [0.5, 0.6) is 5.75 Å². The Balaban J connectivity index is 1.82. The minimum absolute atomic E-state index is 0.231. The molecule has 0 unspecified atom stereocenters. The van der Waals surface area contributed by atoms with Crippen molar-refractivity contribution in [1.29, 1.82) is 0 Å². The molecule has 0 radical (unpaired) electrons. The van der Waals surface area contributed by atoms with Crippen LogP contribution in [0.3, 0.4) is 0 Å². The van der Waals surface area contributed by atoms with E-state index in [9.17, 15) is 5.11 Å². The summed E-state index contributed by atoms with van der Waals surface area (Å²) in [5, 5.41) is 17.4. The van der Waals surface area contributed by atoms with Gasteiger partial charge in [0, 0.05) is 18.7 Å². The Labute approximate surface area is 105 Å². The largest absolute Gasteiger partial charge is 0.508 e. The van der Waals surface area contributed by atoms with Crippen molar-refractivity contribution in [1.82, 2.24) is 10.2 Å². The molecule has 94 valence electrons. The molecule has 2 aromatic rings. The van der Waals surface area contributed by atoms with Gasteiger partial charge in [-0.3, -0.25) is 0 Å². The van der Waals surface area contributed by atoms with Crippen molar-refractivity contribution in [2.45, 2.75) is 19.3 Å². The van der Waals surface area contributed by atoms with Gasteiger partial charge in [-0.1, -0.05) is 5.10 Å². The Hall–Kier alpha value is -2.04. The summed E-state index contributed by atoms with van der Waals surface area (Å²) in [4.78, 5) is 2.13. The number of anilines is 1. The molecule has 1 aromatic carbocycles. The summed E-state index contributed by atoms with van der Waals surface area (Å²) in [6, 6.07) is 7.35. The second-order valence-electron chi connectivity index (χ2n) is 4.48. The van der Waals surface area contributed by atoms with Gasteiger partial charge in [0.2, 0.25) is 5.89 Å². The standard InChI is InChI=1S/C13H15N3O2/c17-11-6-4-10(5-7-11)12-14-15-13(18-12)16-8-2-1-3-9-16/h4-7,17H,1-3,8-9H2. The first-order valence-corrected chi connectivity index (χ1v) is 6.21. The molecule has 2 heterocycles. The third-order valence-electron chi connectivity index (χ3n) is 3.16. The Kier molecular flexibility index (Phi) is 2.88. The molecular weight excluding hydrogens is 230 g/mol. The van der Waals surface area contributed by atoms with Gasteiger partial charge < -0.3 is 14.4 Å². The fourth-order valence-corrected chi connectivity index (χ4v) is 2.15. The SMILES string of the molecule is Oc1ccc(-c2nnc(N3CCCCC3)o2)cc1. The lowest BCUT2D eigenvalue weighted by molar-refractivity contribution is 0.475. The van der Waals surface area contributed by atoms with E-state index in [2.05, 4.69) is 15.1 Å². The quantitative estimate of drug-likeness (QED) is 0.880. The fourth-order valence-electron chi connectivity index (χ4n) is 2.15. The van der Waals surface area contributed by atoms with Crippen molar-refractivity contribution in [2.24, 2.45) is 0 Å². The zero-order valence-corrected chi connectivity index (χ0v) is 10.0. The molecule has 0 aliphatic carbocycles. The zero-order valence-electron chi connectivity index (χ0n) is 10.0. The van der Waals surface area contributed by atoms with E-state index in [1.165, 1.54) is 19.3 Å². The first kappa shape index (κ1) is 11.1. The molecule has 5 heteroatoms. The van der Waals surface area contributed by atoms with E-state index in [0.29, 0.717) is 11.9 Å². The number of piperidine rings is 1. The number of aromatic nitrogens is 2. The minimum atomic E-state index is 0.231. The maximum atomic E-state index is 9.24. The van der Waals surface area contributed by atoms with Gasteiger partial charge in [-0.2, -0.15) is 0 Å². The summed E-state index contributed by atoms with van der Waals surface area (Å²) >= 11 is 0. The molecule has 5 nitrogen and oxygen atoms in total. The highest BCUT2D eigenvalue weighted by atomic mass is 16.4. The topological polar surface area (TPSA) is 62.4 Å². The molecule has 0 saturated carbocycles. The molecule has 0 spiro atoms. The molecule has 1 N–H and O–H groups in total. The third-order valence-corrected chi connectivity index (χ3v) is 3.16. The number of hydrogen-bond donors (Lipinski definition) is 1. The Morgan fingerprint density at radius 3 is 2.44 bits per heavy atom. The van der Waals surface area contributed by atoms with Crippen LogP contribution in [0.15, 0.2) is 28.7 Å². The van der Waals surface area contributed by atoms with E-state index in [4.69, 9.17) is 4.42 Å². The van der Waals surface area contributed by atoms with Gasteiger partial charge in [0.05, 0.1) is 0 Å². The van der Waals surface area contributed by atoms with Crippen LogP contribution < -0.4 is 4.90 Å². The van der Waals surface area contributed by atoms with Crippen LogP contribution in [-0.4, -0.2) is 28.4 Å². The van der Waals surface area contributed by atoms with Crippen LogP contribution in [0.2, 0.25) is 0 Å². The lowest BCUT2D eigenvalue weighted by Crippen LogP contribution is -2.29. The number of nitrogens with zero attached hydrogens (tertiary/aromatic N) is 3. The first-order chi connectivity index (χ1) is 8.83. The van der Waals surface area contributed by atoms with E-state index in [1.807, 2.05) is 0 Å². The second kappa shape index (κ2) is 4.68. The summed E-state index contributed by atoms with van der Waals surface area (Å²) in [5.41, 5.74) is 0.823. The smallest absolute Gasteiger partial charge is 0.318 e. The zero-order chi connectivity index (χ0) is 12.4. The second-order valence-corrected chi connectivity index (χ2v) is 4.48. The number of hydrogen-bond acceptors (Lipinski definition) is 5. The summed E-state index contributed by atoms with van der Waals surface area (Å²) in [7, 11) is 0. The normalized spacial score (nSPS) is 15.9. The van der Waals surface area contributed by atoms with Crippen molar-refractivity contribution < 1.29 is 9.52 Å². The molecule has 1 aliphatic rings. The van der Waals surface area contributed by atoms with Crippen molar-refractivity contribution in [2.75, 3.05) is 18.0 Å².